The van der Waals surface area contributed by atoms with Crippen molar-refractivity contribution in [1.82, 2.24) is 0 Å². The van der Waals surface area contributed by atoms with E-state index >= 15 is 4.79 Å². The molecule has 16 N–H and O–H groups in total. The van der Waals surface area contributed by atoms with Crippen molar-refractivity contribution in [3.05, 3.63) is 11.6 Å². The Hall–Kier alpha value is -2.77. The quantitative estimate of drug-likeness (QED) is 0.0473. The van der Waals surface area contributed by atoms with Crippen molar-refractivity contribution in [2.24, 2.45) is 50.2 Å². The van der Waals surface area contributed by atoms with Crippen LogP contribution in [0.3, 0.4) is 0 Å². The summed E-state index contributed by atoms with van der Waals surface area (Å²) in [5, 5.41) is 176. The number of aliphatic hydroxyl groups excluding tert-OH is 13. The fourth-order valence-corrected chi connectivity index (χ4v) is 17.3. The summed E-state index contributed by atoms with van der Waals surface area (Å²) in [6.07, 6.45) is -36.7. The monoisotopic (exact) mass is 1240 g/mol. The molecule has 29 heteroatoms. The van der Waals surface area contributed by atoms with E-state index in [2.05, 4.69) is 26.8 Å². The number of aliphatic hydroxyl groups is 14. The third kappa shape index (κ3) is 10.4. The molecule has 0 aromatic rings. The second kappa shape index (κ2) is 23.4. The van der Waals surface area contributed by atoms with Gasteiger partial charge in [0.25, 0.3) is 0 Å². The molecule has 32 atom stereocenters. The van der Waals surface area contributed by atoms with Crippen LogP contribution in [0.2, 0.25) is 0 Å². The Morgan fingerprint density at radius 2 is 1.23 bits per heavy atom. The van der Waals surface area contributed by atoms with Gasteiger partial charge in [0.15, 0.2) is 37.4 Å². The summed E-state index contributed by atoms with van der Waals surface area (Å²) in [7, 11) is 0. The van der Waals surface area contributed by atoms with Gasteiger partial charge in [-0.25, -0.2) is 4.79 Å². The van der Waals surface area contributed by atoms with Crippen molar-refractivity contribution in [3.8, 4) is 0 Å². The number of esters is 1. The summed E-state index contributed by atoms with van der Waals surface area (Å²) in [6.45, 7) is 10.4. The molecule has 29 nitrogen and oxygen atoms in total. The lowest BCUT2D eigenvalue weighted by Crippen LogP contribution is -2.71. The highest BCUT2D eigenvalue weighted by Gasteiger charge is 2.74. The molecule has 5 aliphatic heterocycles. The molecule has 32 unspecified atom stereocenters. The van der Waals surface area contributed by atoms with Gasteiger partial charge in [0.2, 0.25) is 6.29 Å². The molecule has 4 saturated carbocycles. The standard InChI is InChI=1S/C57H88O29/c1-21-37(81-44-34(67)30(63)25(60)17-77-44)38(82-48-41(70)56(76,19-58)20-79-48)36(69)46(80-21)84-40-31(64)26(61)18-78-47(40)86-50(75)57-13-12-51(2,3)14-23(57)22-8-9-27-52(4)15-24(59)42(85-45-35(68)32(65)33(66)39(83-45)43(71)72)55(7,49(73)74)28(52)10-11-53(27,5)54(22,6)16-29(57)62/h8,21,23-42,44-48,58-70,76H,9-20H2,1-7H3,(H,71,72)(H,73,74). The predicted molar refractivity (Wildman–Crippen MR) is 281 cm³/mol. The fraction of sp³-hybridized carbons (Fsp3) is 0.912. The summed E-state index contributed by atoms with van der Waals surface area (Å²) >= 11 is 0. The van der Waals surface area contributed by atoms with Gasteiger partial charge in [-0.1, -0.05) is 46.3 Å². The second-order valence-corrected chi connectivity index (χ2v) is 27.9. The molecule has 9 fully saturated rings. The maximum Gasteiger partial charge on any atom is 0.335 e. The average Bonchev–Trinajstić information content (AvgIpc) is 0.740. The molecule has 10 rings (SSSR count). The normalized spacial score (nSPS) is 54.5. The van der Waals surface area contributed by atoms with E-state index in [9.17, 15) is 91.3 Å². The topological polar surface area (TPSA) is 467 Å². The van der Waals surface area contributed by atoms with Crippen LogP contribution in [-0.2, 0) is 61.8 Å². The van der Waals surface area contributed by atoms with Crippen molar-refractivity contribution in [1.29, 1.82) is 0 Å². The second-order valence-electron chi connectivity index (χ2n) is 27.9. The number of carbonyl (C=O) groups is 3. The van der Waals surface area contributed by atoms with E-state index < -0.39 is 236 Å². The van der Waals surface area contributed by atoms with Gasteiger partial charge >= 0.3 is 17.9 Å². The van der Waals surface area contributed by atoms with Crippen molar-refractivity contribution in [3.63, 3.8) is 0 Å². The minimum absolute atomic E-state index is 0.00785. The molecule has 0 amide bonds. The number of hydrogen-bond donors (Lipinski definition) is 16. The number of carboxylic acids is 2. The van der Waals surface area contributed by atoms with Crippen LogP contribution in [0.15, 0.2) is 11.6 Å². The fourth-order valence-electron chi connectivity index (χ4n) is 17.3. The first-order valence-electron chi connectivity index (χ1n) is 29.7. The Kier molecular flexibility index (Phi) is 18.0. The number of carbonyl (C=O) groups excluding carboxylic acids is 1. The maximum atomic E-state index is 15.5. The molecule has 0 aromatic carbocycles. The highest BCUT2D eigenvalue weighted by atomic mass is 16.8. The van der Waals surface area contributed by atoms with Gasteiger partial charge in [-0.05, 0) is 105 Å². The number of fused-ring (bicyclic) bond motifs is 7. The summed E-state index contributed by atoms with van der Waals surface area (Å²) in [5.41, 5.74) is -7.89. The molecular weight excluding hydrogens is 1150 g/mol. The van der Waals surface area contributed by atoms with Crippen LogP contribution in [0.25, 0.3) is 0 Å². The molecule has 0 spiro atoms. The van der Waals surface area contributed by atoms with Crippen molar-refractivity contribution in [2.75, 3.05) is 26.4 Å². The van der Waals surface area contributed by atoms with Gasteiger partial charge in [0.1, 0.15) is 90.4 Å². The third-order valence-electron chi connectivity index (χ3n) is 22.5. The lowest BCUT2D eigenvalue weighted by atomic mass is 9.33. The van der Waals surface area contributed by atoms with E-state index in [0.717, 1.165) is 5.57 Å². The van der Waals surface area contributed by atoms with Crippen LogP contribution in [0.5, 0.6) is 0 Å². The van der Waals surface area contributed by atoms with Crippen molar-refractivity contribution < 1.29 is 143 Å². The van der Waals surface area contributed by atoms with Crippen LogP contribution in [0, 0.1) is 50.2 Å². The lowest BCUT2D eigenvalue weighted by Gasteiger charge is -2.71. The van der Waals surface area contributed by atoms with E-state index in [-0.39, 0.29) is 31.6 Å². The molecule has 5 heterocycles. The van der Waals surface area contributed by atoms with Gasteiger partial charge in [0.05, 0.1) is 50.2 Å². The number of allylic oxidation sites excluding steroid dienone is 2. The van der Waals surface area contributed by atoms with E-state index in [1.54, 1.807) is 0 Å². The molecular formula is C57H88O29. The number of aliphatic carboxylic acids is 2. The number of rotatable bonds is 13. The van der Waals surface area contributed by atoms with Gasteiger partial charge in [-0.15, -0.1) is 0 Å². The Labute approximate surface area is 495 Å². The molecule has 5 aliphatic carbocycles. The first-order chi connectivity index (χ1) is 40.1. The zero-order valence-corrected chi connectivity index (χ0v) is 49.0. The summed E-state index contributed by atoms with van der Waals surface area (Å²) in [4.78, 5) is 41.3. The van der Waals surface area contributed by atoms with Crippen LogP contribution in [-0.4, -0.2) is 273 Å². The van der Waals surface area contributed by atoms with Crippen molar-refractivity contribution in [2.45, 2.75) is 247 Å². The van der Waals surface area contributed by atoms with Crippen LogP contribution in [0.4, 0.5) is 0 Å². The van der Waals surface area contributed by atoms with Gasteiger partial charge < -0.3 is 129 Å². The van der Waals surface area contributed by atoms with E-state index in [4.69, 9.17) is 47.4 Å². The van der Waals surface area contributed by atoms with Gasteiger partial charge in [-0.2, -0.15) is 0 Å². The predicted octanol–water partition coefficient (Wildman–Crippen LogP) is -4.17. The first kappa shape index (κ1) is 66.2. The Morgan fingerprint density at radius 1 is 0.616 bits per heavy atom. The zero-order valence-electron chi connectivity index (χ0n) is 49.0. The molecule has 0 radical (unpaired) electrons. The first-order valence-corrected chi connectivity index (χ1v) is 29.7. The molecule has 490 valence electrons. The number of ether oxygens (including phenoxy) is 10. The summed E-state index contributed by atoms with van der Waals surface area (Å²) in [5.74, 6) is -5.73. The lowest BCUT2D eigenvalue weighted by molar-refractivity contribution is -0.381. The highest BCUT2D eigenvalue weighted by Crippen LogP contribution is 2.76. The van der Waals surface area contributed by atoms with E-state index in [1.807, 2.05) is 13.8 Å². The summed E-state index contributed by atoms with van der Waals surface area (Å²) < 4.78 is 59.0. The van der Waals surface area contributed by atoms with Crippen LogP contribution >= 0.6 is 0 Å². The maximum absolute atomic E-state index is 15.5. The molecule has 10 aliphatic rings. The van der Waals surface area contributed by atoms with Crippen molar-refractivity contribution >= 4 is 17.9 Å². The minimum Gasteiger partial charge on any atom is -0.481 e. The van der Waals surface area contributed by atoms with Gasteiger partial charge in [0, 0.05) is 0 Å². The molecule has 0 bridgehead atoms. The third-order valence-corrected chi connectivity index (χ3v) is 22.5. The Morgan fingerprint density at radius 3 is 1.87 bits per heavy atom. The Balaban J connectivity index is 0.920. The average molecular weight is 1240 g/mol. The highest BCUT2D eigenvalue weighted by molar-refractivity contribution is 5.80. The largest absolute Gasteiger partial charge is 0.481 e. The van der Waals surface area contributed by atoms with Crippen LogP contribution < -0.4 is 0 Å². The molecule has 5 saturated heterocycles. The van der Waals surface area contributed by atoms with E-state index in [0.29, 0.717) is 25.7 Å². The smallest absolute Gasteiger partial charge is 0.335 e. The van der Waals surface area contributed by atoms with E-state index in [1.165, 1.54) is 13.8 Å². The number of hydrogen-bond acceptors (Lipinski definition) is 27. The summed E-state index contributed by atoms with van der Waals surface area (Å²) in [6, 6.07) is 0. The SMILES string of the molecule is CC1OC(OC2C(OC(=O)C34CCC(C)(C)CC3C3=CCC5C6(C)CC(O)C(OC7OC(C(=O)O)C(O)C(O)C7O)C(C)(C(=O)O)C6CCC5(C)C3(C)CC4O)OCC(O)C2O)C(O)C(OC2OCC(O)(CO)C2O)C1OC1OCC(O)C(O)C1O. The Bertz CT molecular complexity index is 2540. The van der Waals surface area contributed by atoms with Gasteiger partial charge in [-0.3, -0.25) is 9.59 Å². The zero-order chi connectivity index (χ0) is 63.1. The minimum atomic E-state index is -2.20. The number of carboxylic acid groups (broad SMARTS) is 2. The molecule has 0 aromatic heterocycles. The molecule has 86 heavy (non-hydrogen) atoms. The van der Waals surface area contributed by atoms with Crippen LogP contribution in [0.1, 0.15) is 99.8 Å².